The van der Waals surface area contributed by atoms with Gasteiger partial charge in [0.05, 0.1) is 17.7 Å². The van der Waals surface area contributed by atoms with E-state index in [4.69, 9.17) is 9.73 Å². The topological polar surface area (TPSA) is 41.9 Å². The summed E-state index contributed by atoms with van der Waals surface area (Å²) in [6, 6.07) is 14.4. The first kappa shape index (κ1) is 23.6. The lowest BCUT2D eigenvalue weighted by Crippen LogP contribution is -2.44. The van der Waals surface area contributed by atoms with Gasteiger partial charge in [0, 0.05) is 6.04 Å². The number of ether oxygens (including phenoxy) is 1. The van der Waals surface area contributed by atoms with E-state index in [0.717, 1.165) is 57.5 Å². The van der Waals surface area contributed by atoms with Gasteiger partial charge in [0.1, 0.15) is 5.75 Å². The lowest BCUT2D eigenvalue weighted by molar-refractivity contribution is -0.124. The Morgan fingerprint density at radius 3 is 2.55 bits per heavy atom. The quantitative estimate of drug-likeness (QED) is 0.438. The number of methoxy groups -OCH3 is 1. The van der Waals surface area contributed by atoms with E-state index < -0.39 is 0 Å². The highest BCUT2D eigenvalue weighted by atomic mass is 32.2. The average molecular weight is 463 g/mol. The number of hydrogen-bond donors (Lipinski definition) is 0. The zero-order chi connectivity index (χ0) is 23.5. The van der Waals surface area contributed by atoms with Gasteiger partial charge in [0.25, 0.3) is 5.91 Å². The molecule has 0 radical (unpaired) electrons. The monoisotopic (exact) mass is 462 g/mol. The van der Waals surface area contributed by atoms with E-state index in [0.29, 0.717) is 11.8 Å². The first-order valence-corrected chi connectivity index (χ1v) is 12.8. The van der Waals surface area contributed by atoms with Crippen LogP contribution in [0.1, 0.15) is 69.1 Å². The van der Waals surface area contributed by atoms with Crippen molar-refractivity contribution in [1.82, 2.24) is 4.90 Å². The molecule has 2 fully saturated rings. The number of carbonyl (C=O) groups excluding carboxylic acids is 1. The van der Waals surface area contributed by atoms with E-state index in [2.05, 4.69) is 39.8 Å². The summed E-state index contributed by atoms with van der Waals surface area (Å²) in [5, 5.41) is 0.798. The lowest BCUT2D eigenvalue weighted by atomic mass is 9.85. The summed E-state index contributed by atoms with van der Waals surface area (Å²) < 4.78 is 5.61. The van der Waals surface area contributed by atoms with Gasteiger partial charge in [0.15, 0.2) is 5.17 Å². The van der Waals surface area contributed by atoms with Gasteiger partial charge in [-0.2, -0.15) is 0 Å². The highest BCUT2D eigenvalue weighted by molar-refractivity contribution is 8.18. The molecule has 0 aromatic heterocycles. The number of thioether (sulfide) groups is 1. The molecule has 5 heteroatoms. The van der Waals surface area contributed by atoms with Crippen LogP contribution in [-0.2, 0) is 4.79 Å². The molecule has 1 amide bonds. The fourth-order valence-corrected chi connectivity index (χ4v) is 5.83. The number of carbonyl (C=O) groups is 1. The third-order valence-electron chi connectivity index (χ3n) is 6.74. The van der Waals surface area contributed by atoms with Crippen LogP contribution < -0.4 is 4.74 Å². The number of amides is 1. The van der Waals surface area contributed by atoms with Gasteiger partial charge >= 0.3 is 0 Å². The molecule has 1 aliphatic carbocycles. The molecular formula is C28H34N2O2S. The van der Waals surface area contributed by atoms with E-state index in [1.807, 2.05) is 41.3 Å². The molecule has 1 saturated heterocycles. The molecule has 2 aromatic rings. The van der Waals surface area contributed by atoms with Crippen molar-refractivity contribution in [2.45, 2.75) is 65.3 Å². The molecule has 0 N–H and O–H groups in total. The van der Waals surface area contributed by atoms with Gasteiger partial charge in [-0.25, -0.2) is 4.99 Å². The zero-order valence-electron chi connectivity index (χ0n) is 20.3. The zero-order valence-corrected chi connectivity index (χ0v) is 21.1. The minimum atomic E-state index is 0.0785. The molecule has 4 nitrogen and oxygen atoms in total. The number of hydrogen-bond acceptors (Lipinski definition) is 4. The Bertz CT molecular complexity index is 1070. The lowest BCUT2D eigenvalue weighted by Gasteiger charge is -2.35. The van der Waals surface area contributed by atoms with E-state index in [-0.39, 0.29) is 11.9 Å². The van der Waals surface area contributed by atoms with Crippen molar-refractivity contribution >= 4 is 34.6 Å². The Balaban J connectivity index is 1.76. The first-order chi connectivity index (χ1) is 15.9. The van der Waals surface area contributed by atoms with Crippen LogP contribution in [0.15, 0.2) is 52.4 Å². The van der Waals surface area contributed by atoms with Crippen LogP contribution in [0.25, 0.3) is 6.08 Å². The molecule has 4 rings (SSSR count). The molecule has 0 unspecified atom stereocenters. The summed E-state index contributed by atoms with van der Waals surface area (Å²) in [7, 11) is 1.71. The molecule has 1 saturated carbocycles. The van der Waals surface area contributed by atoms with Gasteiger partial charge < -0.3 is 4.74 Å². The van der Waals surface area contributed by atoms with Crippen molar-refractivity contribution in [2.24, 2.45) is 10.9 Å². The number of aryl methyl sites for hydroxylation is 1. The van der Waals surface area contributed by atoms with Crippen molar-refractivity contribution in [3.05, 3.63) is 64.1 Å². The maximum absolute atomic E-state index is 13.7. The van der Waals surface area contributed by atoms with Crippen LogP contribution in [0, 0.1) is 12.8 Å². The summed E-state index contributed by atoms with van der Waals surface area (Å²) in [4.78, 5) is 21.4. The fourth-order valence-electron chi connectivity index (χ4n) is 4.79. The Kier molecular flexibility index (Phi) is 7.28. The minimum absolute atomic E-state index is 0.0785. The van der Waals surface area contributed by atoms with Crippen LogP contribution in [0.5, 0.6) is 5.75 Å². The SMILES string of the molecule is COc1cc(C)c(/C=C2\SC(=Nc3ccccc3)N([C@@H]3CCCC[C@@H]3C)C2=O)cc1C(C)C. The molecule has 0 spiro atoms. The third kappa shape index (κ3) is 5.03. The summed E-state index contributed by atoms with van der Waals surface area (Å²) in [6.07, 6.45) is 6.64. The normalized spacial score (nSPS) is 23.7. The maximum atomic E-state index is 13.7. The van der Waals surface area contributed by atoms with Crippen LogP contribution in [0.2, 0.25) is 0 Å². The second kappa shape index (κ2) is 10.2. The summed E-state index contributed by atoms with van der Waals surface area (Å²) in [5.41, 5.74) is 4.20. The number of para-hydroxylation sites is 1. The number of rotatable bonds is 5. The highest BCUT2D eigenvalue weighted by Crippen LogP contribution is 2.41. The molecule has 33 heavy (non-hydrogen) atoms. The van der Waals surface area contributed by atoms with E-state index in [9.17, 15) is 4.79 Å². The van der Waals surface area contributed by atoms with Crippen molar-refractivity contribution in [3.63, 3.8) is 0 Å². The molecule has 2 aromatic carbocycles. The molecule has 2 aliphatic rings. The van der Waals surface area contributed by atoms with Crippen molar-refractivity contribution in [2.75, 3.05) is 7.11 Å². The van der Waals surface area contributed by atoms with Crippen molar-refractivity contribution in [3.8, 4) is 5.75 Å². The van der Waals surface area contributed by atoms with E-state index in [1.54, 1.807) is 7.11 Å². The Morgan fingerprint density at radius 2 is 1.88 bits per heavy atom. The van der Waals surface area contributed by atoms with Crippen LogP contribution in [0.3, 0.4) is 0 Å². The van der Waals surface area contributed by atoms with Crippen LogP contribution in [0.4, 0.5) is 5.69 Å². The average Bonchev–Trinajstić information content (AvgIpc) is 3.10. The highest BCUT2D eigenvalue weighted by Gasteiger charge is 2.41. The third-order valence-corrected chi connectivity index (χ3v) is 7.73. The summed E-state index contributed by atoms with van der Waals surface area (Å²) in [5.74, 6) is 1.78. The van der Waals surface area contributed by atoms with Gasteiger partial charge in [-0.1, -0.05) is 51.8 Å². The number of amidine groups is 1. The van der Waals surface area contributed by atoms with Crippen molar-refractivity contribution < 1.29 is 9.53 Å². The summed E-state index contributed by atoms with van der Waals surface area (Å²) in [6.45, 7) is 8.67. The maximum Gasteiger partial charge on any atom is 0.267 e. The molecule has 2 atom stereocenters. The Morgan fingerprint density at radius 1 is 1.15 bits per heavy atom. The second-order valence-corrected chi connectivity index (χ2v) is 10.5. The predicted molar refractivity (Wildman–Crippen MR) is 139 cm³/mol. The van der Waals surface area contributed by atoms with Gasteiger partial charge in [-0.15, -0.1) is 0 Å². The number of benzene rings is 2. The van der Waals surface area contributed by atoms with E-state index in [1.165, 1.54) is 18.2 Å². The first-order valence-electron chi connectivity index (χ1n) is 11.9. The number of nitrogens with zero attached hydrogens (tertiary/aromatic N) is 2. The van der Waals surface area contributed by atoms with Gasteiger partial charge in [-0.05, 0) is 90.4 Å². The molecule has 1 aliphatic heterocycles. The standard InChI is InChI=1S/C28H34N2O2S/c1-18(2)23-16-21(20(4)15-25(23)32-5)17-26-27(31)30(24-14-10-9-11-19(24)3)28(33-26)29-22-12-7-6-8-13-22/h6-8,12-13,15-19,24H,9-11,14H2,1-5H3/b26-17-,29-28?/t19-,24+/m0/s1. The van der Waals surface area contributed by atoms with Gasteiger partial charge in [-0.3, -0.25) is 9.69 Å². The smallest absolute Gasteiger partial charge is 0.267 e. The van der Waals surface area contributed by atoms with Gasteiger partial charge in [0.2, 0.25) is 0 Å². The predicted octanol–water partition coefficient (Wildman–Crippen LogP) is 7.31. The Hall–Kier alpha value is -2.53. The molecule has 174 valence electrons. The van der Waals surface area contributed by atoms with Crippen LogP contribution in [-0.4, -0.2) is 29.1 Å². The van der Waals surface area contributed by atoms with Crippen molar-refractivity contribution in [1.29, 1.82) is 0 Å². The number of aliphatic imine (C=N–C) groups is 1. The molecule has 0 bridgehead atoms. The Labute approximate surface area is 202 Å². The fraction of sp³-hybridized carbons (Fsp3) is 0.429. The van der Waals surface area contributed by atoms with E-state index >= 15 is 0 Å². The largest absolute Gasteiger partial charge is 0.496 e. The molecule has 1 heterocycles. The molecular weight excluding hydrogens is 428 g/mol. The minimum Gasteiger partial charge on any atom is -0.496 e. The van der Waals surface area contributed by atoms with Crippen LogP contribution >= 0.6 is 11.8 Å². The second-order valence-electron chi connectivity index (χ2n) is 9.45. The summed E-state index contributed by atoms with van der Waals surface area (Å²) >= 11 is 1.50.